The first-order valence-corrected chi connectivity index (χ1v) is 10.5. The Morgan fingerprint density at radius 3 is 2.57 bits per heavy atom. The lowest BCUT2D eigenvalue weighted by Gasteiger charge is -2.29. The summed E-state index contributed by atoms with van der Waals surface area (Å²) in [6.45, 7) is 2.93. The summed E-state index contributed by atoms with van der Waals surface area (Å²) < 4.78 is 5.02. The predicted octanol–water partition coefficient (Wildman–Crippen LogP) is 2.08. The molecule has 1 aliphatic heterocycles. The standard InChI is InChI=1S/C22H29N3O5/c1-3-22(16-10-5-4-6-11-16)20(28)25(21(29)24-22)13-19(27)30-14-18(26)23-17-12-8-7-9-15(17)2/h4-6,10-11,15,17H,3,7-9,12-14H2,1-2H3,(H,23,26)(H,24,29). The van der Waals surface area contributed by atoms with Gasteiger partial charge in [-0.2, -0.15) is 0 Å². The molecule has 162 valence electrons. The predicted molar refractivity (Wildman–Crippen MR) is 109 cm³/mol. The monoisotopic (exact) mass is 415 g/mol. The van der Waals surface area contributed by atoms with Crippen molar-refractivity contribution >= 4 is 23.8 Å². The number of nitrogens with zero attached hydrogens (tertiary/aromatic N) is 1. The van der Waals surface area contributed by atoms with E-state index in [1.54, 1.807) is 31.2 Å². The van der Waals surface area contributed by atoms with Gasteiger partial charge in [0.1, 0.15) is 12.1 Å². The topological polar surface area (TPSA) is 105 Å². The highest BCUT2D eigenvalue weighted by Crippen LogP contribution is 2.32. The summed E-state index contributed by atoms with van der Waals surface area (Å²) in [7, 11) is 0. The number of ether oxygens (including phenoxy) is 1. The van der Waals surface area contributed by atoms with E-state index in [1.807, 2.05) is 6.07 Å². The van der Waals surface area contributed by atoms with Crippen LogP contribution in [-0.2, 0) is 24.7 Å². The van der Waals surface area contributed by atoms with E-state index in [-0.39, 0.29) is 11.9 Å². The average Bonchev–Trinajstić information content (AvgIpc) is 2.99. The first-order chi connectivity index (χ1) is 14.4. The van der Waals surface area contributed by atoms with E-state index in [1.165, 1.54) is 0 Å². The third-order valence-electron chi connectivity index (χ3n) is 6.08. The van der Waals surface area contributed by atoms with Crippen LogP contribution in [0, 0.1) is 5.92 Å². The van der Waals surface area contributed by atoms with Gasteiger partial charge in [-0.1, -0.05) is 57.0 Å². The highest BCUT2D eigenvalue weighted by Gasteiger charge is 2.51. The van der Waals surface area contributed by atoms with E-state index in [9.17, 15) is 19.2 Å². The molecule has 1 aliphatic carbocycles. The SMILES string of the molecule is CCC1(c2ccccc2)NC(=O)N(CC(=O)OCC(=O)NC2CCCCC2C)C1=O. The van der Waals surface area contributed by atoms with Gasteiger partial charge in [-0.15, -0.1) is 0 Å². The molecule has 0 bridgehead atoms. The zero-order chi connectivity index (χ0) is 21.7. The molecule has 1 aromatic rings. The van der Waals surface area contributed by atoms with Crippen LogP contribution in [0.15, 0.2) is 30.3 Å². The van der Waals surface area contributed by atoms with Crippen molar-refractivity contribution in [1.82, 2.24) is 15.5 Å². The minimum atomic E-state index is -1.20. The highest BCUT2D eigenvalue weighted by molar-refractivity contribution is 6.09. The Morgan fingerprint density at radius 2 is 1.90 bits per heavy atom. The van der Waals surface area contributed by atoms with Crippen molar-refractivity contribution < 1.29 is 23.9 Å². The van der Waals surface area contributed by atoms with Gasteiger partial charge >= 0.3 is 12.0 Å². The van der Waals surface area contributed by atoms with Crippen LogP contribution in [0.25, 0.3) is 0 Å². The molecule has 0 spiro atoms. The first kappa shape index (κ1) is 21.8. The minimum absolute atomic E-state index is 0.0898. The molecule has 1 saturated heterocycles. The van der Waals surface area contributed by atoms with Gasteiger partial charge in [-0.05, 0) is 30.7 Å². The van der Waals surface area contributed by atoms with E-state index < -0.39 is 36.6 Å². The van der Waals surface area contributed by atoms with E-state index >= 15 is 0 Å². The number of carbonyl (C=O) groups excluding carboxylic acids is 4. The number of benzene rings is 1. The molecule has 3 rings (SSSR count). The van der Waals surface area contributed by atoms with Gasteiger partial charge in [0.15, 0.2) is 6.61 Å². The molecule has 2 N–H and O–H groups in total. The number of carbonyl (C=O) groups is 4. The van der Waals surface area contributed by atoms with E-state index in [0.29, 0.717) is 17.9 Å². The second-order valence-electron chi connectivity index (χ2n) is 8.04. The fourth-order valence-electron chi connectivity index (χ4n) is 4.23. The maximum atomic E-state index is 13.0. The number of rotatable bonds is 7. The number of nitrogens with one attached hydrogen (secondary N) is 2. The number of esters is 1. The van der Waals surface area contributed by atoms with Gasteiger partial charge in [-0.25, -0.2) is 4.79 Å². The Kier molecular flexibility index (Phi) is 6.74. The van der Waals surface area contributed by atoms with Crippen LogP contribution in [-0.4, -0.2) is 47.9 Å². The molecule has 2 fully saturated rings. The maximum absolute atomic E-state index is 13.0. The molecule has 1 heterocycles. The third kappa shape index (κ3) is 4.47. The van der Waals surface area contributed by atoms with Gasteiger partial charge in [0.05, 0.1) is 0 Å². The van der Waals surface area contributed by atoms with Gasteiger partial charge in [-0.3, -0.25) is 19.3 Å². The normalized spacial score (nSPS) is 26.3. The lowest BCUT2D eigenvalue weighted by atomic mass is 9.86. The molecule has 30 heavy (non-hydrogen) atoms. The van der Waals surface area contributed by atoms with Gasteiger partial charge < -0.3 is 15.4 Å². The minimum Gasteiger partial charge on any atom is -0.454 e. The number of urea groups is 1. The van der Waals surface area contributed by atoms with Crippen molar-refractivity contribution in [3.63, 3.8) is 0 Å². The summed E-state index contributed by atoms with van der Waals surface area (Å²) in [5, 5.41) is 5.62. The molecule has 1 saturated carbocycles. The molecule has 2 aliphatic rings. The first-order valence-electron chi connectivity index (χ1n) is 10.5. The van der Waals surface area contributed by atoms with Crippen LogP contribution >= 0.6 is 0 Å². The molecule has 8 heteroatoms. The largest absolute Gasteiger partial charge is 0.454 e. The Balaban J connectivity index is 1.55. The zero-order valence-corrected chi connectivity index (χ0v) is 17.5. The van der Waals surface area contributed by atoms with Gasteiger partial charge in [0.2, 0.25) is 0 Å². The van der Waals surface area contributed by atoms with Crippen LogP contribution in [0.1, 0.15) is 51.5 Å². The Morgan fingerprint density at radius 1 is 1.20 bits per heavy atom. The van der Waals surface area contributed by atoms with Crippen molar-refractivity contribution in [2.45, 2.75) is 57.5 Å². The van der Waals surface area contributed by atoms with E-state index in [2.05, 4.69) is 17.6 Å². The van der Waals surface area contributed by atoms with Crippen LogP contribution in [0.5, 0.6) is 0 Å². The molecule has 0 radical (unpaired) electrons. The lowest BCUT2D eigenvalue weighted by molar-refractivity contribution is -0.151. The zero-order valence-electron chi connectivity index (χ0n) is 17.5. The van der Waals surface area contributed by atoms with E-state index in [4.69, 9.17) is 4.74 Å². The molecule has 8 nitrogen and oxygen atoms in total. The summed E-state index contributed by atoms with van der Waals surface area (Å²) >= 11 is 0. The van der Waals surface area contributed by atoms with E-state index in [0.717, 1.165) is 30.6 Å². The van der Waals surface area contributed by atoms with Crippen LogP contribution in [0.4, 0.5) is 4.79 Å². The summed E-state index contributed by atoms with van der Waals surface area (Å²) in [6.07, 6.45) is 4.56. The second-order valence-corrected chi connectivity index (χ2v) is 8.04. The number of hydrogen-bond acceptors (Lipinski definition) is 5. The number of hydrogen-bond donors (Lipinski definition) is 2. The van der Waals surface area contributed by atoms with Crippen molar-refractivity contribution in [3.8, 4) is 0 Å². The molecule has 3 atom stereocenters. The molecular formula is C22H29N3O5. The summed E-state index contributed by atoms with van der Waals surface area (Å²) in [5.74, 6) is -1.28. The molecular weight excluding hydrogens is 386 g/mol. The van der Waals surface area contributed by atoms with Crippen molar-refractivity contribution in [2.24, 2.45) is 5.92 Å². The Bertz CT molecular complexity index is 812. The smallest absolute Gasteiger partial charge is 0.326 e. The summed E-state index contributed by atoms with van der Waals surface area (Å²) in [6, 6.07) is 8.36. The summed E-state index contributed by atoms with van der Waals surface area (Å²) in [5.41, 5.74) is -0.546. The van der Waals surface area contributed by atoms with Crippen molar-refractivity contribution in [3.05, 3.63) is 35.9 Å². The van der Waals surface area contributed by atoms with Gasteiger partial charge in [0.25, 0.3) is 11.8 Å². The second kappa shape index (κ2) is 9.28. The molecule has 4 amide bonds. The third-order valence-corrected chi connectivity index (χ3v) is 6.08. The quantitative estimate of drug-likeness (QED) is 0.524. The maximum Gasteiger partial charge on any atom is 0.326 e. The van der Waals surface area contributed by atoms with Gasteiger partial charge in [0, 0.05) is 6.04 Å². The lowest BCUT2D eigenvalue weighted by Crippen LogP contribution is -2.44. The molecule has 0 aromatic heterocycles. The van der Waals surface area contributed by atoms with Crippen LogP contribution in [0.2, 0.25) is 0 Å². The fraction of sp³-hybridized carbons (Fsp3) is 0.545. The fourth-order valence-corrected chi connectivity index (χ4v) is 4.23. The Labute approximate surface area is 176 Å². The van der Waals surface area contributed by atoms with Crippen LogP contribution < -0.4 is 10.6 Å². The van der Waals surface area contributed by atoms with Crippen molar-refractivity contribution in [2.75, 3.05) is 13.2 Å². The molecule has 1 aromatic carbocycles. The molecule has 3 unspecified atom stereocenters. The average molecular weight is 415 g/mol. The van der Waals surface area contributed by atoms with Crippen molar-refractivity contribution in [1.29, 1.82) is 0 Å². The number of imide groups is 1. The highest BCUT2D eigenvalue weighted by atomic mass is 16.5. The van der Waals surface area contributed by atoms with Crippen LogP contribution in [0.3, 0.4) is 0 Å². The number of amides is 4. The Hall–Kier alpha value is -2.90. The summed E-state index contributed by atoms with van der Waals surface area (Å²) in [4.78, 5) is 50.6.